The molecule has 0 aromatic rings. The molecule has 0 saturated carbocycles. The first-order chi connectivity index (χ1) is 5.68. The summed E-state index contributed by atoms with van der Waals surface area (Å²) >= 11 is 9.50. The molecule has 0 rings (SSSR count). The maximum Gasteiger partial charge on any atom is 0.133 e. The van der Waals surface area contributed by atoms with Gasteiger partial charge >= 0.3 is 0 Å². The molecular formula is C7H14N2OS2. The Morgan fingerprint density at radius 3 is 2.67 bits per heavy atom. The third-order valence-electron chi connectivity index (χ3n) is 1.18. The Bertz CT molecular complexity index is 161. The van der Waals surface area contributed by atoms with Crippen LogP contribution in [0.25, 0.3) is 0 Å². The highest BCUT2D eigenvalue weighted by Gasteiger charge is 1.96. The molecule has 0 aliphatic rings. The van der Waals surface area contributed by atoms with Crippen molar-refractivity contribution in [2.24, 2.45) is 5.73 Å². The Labute approximate surface area is 83.6 Å². The van der Waals surface area contributed by atoms with Gasteiger partial charge in [-0.2, -0.15) is 0 Å². The van der Waals surface area contributed by atoms with Crippen molar-refractivity contribution in [3.05, 3.63) is 0 Å². The molecule has 0 saturated heterocycles. The first-order valence-electron chi connectivity index (χ1n) is 3.83. The van der Waals surface area contributed by atoms with Gasteiger partial charge < -0.3 is 15.8 Å². The fourth-order valence-corrected chi connectivity index (χ4v) is 0.782. The zero-order valence-corrected chi connectivity index (χ0v) is 8.76. The number of hydrogen-bond acceptors (Lipinski definition) is 3. The summed E-state index contributed by atoms with van der Waals surface area (Å²) in [6, 6.07) is 0. The van der Waals surface area contributed by atoms with Crippen LogP contribution in [0.2, 0.25) is 0 Å². The number of nitrogens with one attached hydrogen (secondary N) is 1. The highest BCUT2D eigenvalue weighted by molar-refractivity contribution is 7.89. The van der Waals surface area contributed by atoms with E-state index in [4.69, 9.17) is 22.7 Å². The summed E-state index contributed by atoms with van der Waals surface area (Å²) in [7, 11) is 0. The summed E-state index contributed by atoms with van der Waals surface area (Å²) < 4.78 is 5.13. The lowest BCUT2D eigenvalue weighted by atomic mass is 10.4. The smallest absolute Gasteiger partial charge is 0.133 e. The van der Waals surface area contributed by atoms with Crippen LogP contribution in [0.4, 0.5) is 0 Å². The number of hydrogen-bond donors (Lipinski definition) is 2. The van der Waals surface area contributed by atoms with Gasteiger partial charge in [0.05, 0.1) is 0 Å². The molecule has 0 atom stereocenters. The molecule has 70 valence electrons. The zero-order valence-electron chi connectivity index (χ0n) is 7.13. The van der Waals surface area contributed by atoms with E-state index in [2.05, 4.69) is 17.5 Å². The summed E-state index contributed by atoms with van der Waals surface area (Å²) in [4.78, 5) is 0.711. The molecule has 0 radical (unpaired) electrons. The molecule has 0 heterocycles. The molecule has 3 N–H and O–H groups in total. The van der Waals surface area contributed by atoms with Gasteiger partial charge in [-0.3, -0.25) is 0 Å². The lowest BCUT2D eigenvalue weighted by Gasteiger charge is -2.05. The minimum absolute atomic E-state index is 0.251. The van der Waals surface area contributed by atoms with E-state index in [0.717, 1.165) is 26.2 Å². The Kier molecular flexibility index (Phi) is 7.23. The van der Waals surface area contributed by atoms with Gasteiger partial charge in [-0.1, -0.05) is 24.4 Å². The van der Waals surface area contributed by atoms with E-state index < -0.39 is 0 Å². The summed E-state index contributed by atoms with van der Waals surface area (Å²) in [6.07, 6.45) is 0.913. The topological polar surface area (TPSA) is 47.3 Å². The fourth-order valence-electron chi connectivity index (χ4n) is 0.608. The van der Waals surface area contributed by atoms with Crippen molar-refractivity contribution in [1.29, 1.82) is 0 Å². The molecule has 0 aliphatic heterocycles. The van der Waals surface area contributed by atoms with E-state index >= 15 is 0 Å². The molecule has 0 aliphatic carbocycles. The van der Waals surface area contributed by atoms with E-state index in [1.165, 1.54) is 0 Å². The van der Waals surface area contributed by atoms with Crippen LogP contribution in [0, 0.1) is 0 Å². The molecule has 12 heavy (non-hydrogen) atoms. The first kappa shape index (κ1) is 11.7. The lowest BCUT2D eigenvalue weighted by molar-refractivity contribution is 0.146. The van der Waals surface area contributed by atoms with Gasteiger partial charge in [0.1, 0.15) is 9.98 Å². The predicted molar refractivity (Wildman–Crippen MR) is 58.5 cm³/mol. The summed E-state index contributed by atoms with van der Waals surface area (Å²) in [5.41, 5.74) is 5.27. The molecule has 0 unspecified atom stereocenters. The molecule has 3 nitrogen and oxygen atoms in total. The SMILES string of the molecule is CCOCCCNC(=S)C(N)=S. The Morgan fingerprint density at radius 2 is 2.17 bits per heavy atom. The quantitative estimate of drug-likeness (QED) is 0.510. The van der Waals surface area contributed by atoms with Crippen LogP contribution in [0.5, 0.6) is 0 Å². The van der Waals surface area contributed by atoms with E-state index in [1.807, 2.05) is 6.92 Å². The van der Waals surface area contributed by atoms with E-state index in [-0.39, 0.29) is 4.99 Å². The summed E-state index contributed by atoms with van der Waals surface area (Å²) in [5, 5.41) is 2.93. The van der Waals surface area contributed by atoms with Crippen LogP contribution in [-0.4, -0.2) is 29.7 Å². The third-order valence-corrected chi connectivity index (χ3v) is 1.88. The highest BCUT2D eigenvalue weighted by Crippen LogP contribution is 1.81. The van der Waals surface area contributed by atoms with Gasteiger partial charge in [-0.05, 0) is 13.3 Å². The molecule has 0 amide bonds. The fraction of sp³-hybridized carbons (Fsp3) is 0.714. The molecule has 0 spiro atoms. The standard InChI is InChI=1S/C7H14N2OS2/c1-2-10-5-3-4-9-7(12)6(8)11/h2-5H2,1H3,(H2,8,11)(H,9,12). The Morgan fingerprint density at radius 1 is 1.50 bits per heavy atom. The molecular weight excluding hydrogens is 192 g/mol. The van der Waals surface area contributed by atoms with E-state index in [0.29, 0.717) is 4.99 Å². The number of thiocarbonyl (C=S) groups is 2. The van der Waals surface area contributed by atoms with Crippen LogP contribution >= 0.6 is 24.4 Å². The average Bonchev–Trinajstić information content (AvgIpc) is 2.03. The third kappa shape index (κ3) is 6.45. The number of nitrogens with two attached hydrogens (primary N) is 1. The van der Waals surface area contributed by atoms with Crippen LogP contribution < -0.4 is 11.1 Å². The molecule has 0 aromatic heterocycles. The van der Waals surface area contributed by atoms with Crippen molar-refractivity contribution in [2.75, 3.05) is 19.8 Å². The van der Waals surface area contributed by atoms with Gasteiger partial charge in [0.2, 0.25) is 0 Å². The first-order valence-corrected chi connectivity index (χ1v) is 4.65. The largest absolute Gasteiger partial charge is 0.388 e. The van der Waals surface area contributed by atoms with Crippen molar-refractivity contribution >= 4 is 34.4 Å². The number of ether oxygens (including phenoxy) is 1. The van der Waals surface area contributed by atoms with Gasteiger partial charge in [0.15, 0.2) is 0 Å². The molecule has 0 bridgehead atoms. The maximum atomic E-state index is 5.27. The monoisotopic (exact) mass is 206 g/mol. The summed E-state index contributed by atoms with van der Waals surface area (Å²) in [5.74, 6) is 0. The van der Waals surface area contributed by atoms with Gasteiger partial charge in [-0.25, -0.2) is 0 Å². The van der Waals surface area contributed by atoms with E-state index in [9.17, 15) is 0 Å². The minimum Gasteiger partial charge on any atom is -0.388 e. The average molecular weight is 206 g/mol. The zero-order chi connectivity index (χ0) is 9.40. The van der Waals surface area contributed by atoms with Crippen LogP contribution in [-0.2, 0) is 4.74 Å². The molecule has 0 fully saturated rings. The van der Waals surface area contributed by atoms with Crippen molar-refractivity contribution in [2.45, 2.75) is 13.3 Å². The normalized spacial score (nSPS) is 9.42. The predicted octanol–water partition coefficient (Wildman–Crippen LogP) is 0.616. The van der Waals surface area contributed by atoms with Crippen molar-refractivity contribution in [1.82, 2.24) is 5.32 Å². The Balaban J connectivity index is 3.20. The molecule has 0 aromatic carbocycles. The van der Waals surface area contributed by atoms with Crippen molar-refractivity contribution in [3.8, 4) is 0 Å². The van der Waals surface area contributed by atoms with Gasteiger partial charge in [0, 0.05) is 19.8 Å². The van der Waals surface area contributed by atoms with Crippen molar-refractivity contribution in [3.63, 3.8) is 0 Å². The van der Waals surface area contributed by atoms with Crippen molar-refractivity contribution < 1.29 is 4.74 Å². The van der Waals surface area contributed by atoms with Crippen LogP contribution in [0.15, 0.2) is 0 Å². The lowest BCUT2D eigenvalue weighted by Crippen LogP contribution is -2.33. The second kappa shape index (κ2) is 7.39. The molecule has 5 heteroatoms. The van der Waals surface area contributed by atoms with Crippen LogP contribution in [0.3, 0.4) is 0 Å². The second-order valence-corrected chi connectivity index (χ2v) is 3.02. The van der Waals surface area contributed by atoms with Gasteiger partial charge in [0.25, 0.3) is 0 Å². The summed E-state index contributed by atoms with van der Waals surface area (Å²) in [6.45, 7) is 4.21. The number of rotatable bonds is 5. The minimum atomic E-state index is 0.251. The maximum absolute atomic E-state index is 5.27. The highest BCUT2D eigenvalue weighted by atomic mass is 32.1. The second-order valence-electron chi connectivity index (χ2n) is 2.17. The Hall–Kier alpha value is -0.260. The van der Waals surface area contributed by atoms with Gasteiger partial charge in [-0.15, -0.1) is 0 Å². The van der Waals surface area contributed by atoms with Crippen LogP contribution in [0.1, 0.15) is 13.3 Å². The van der Waals surface area contributed by atoms with E-state index in [1.54, 1.807) is 0 Å².